The predicted molar refractivity (Wildman–Crippen MR) is 14.4 cm³/mol. The molecule has 0 bridgehead atoms. The third-order valence-electron chi connectivity index (χ3n) is 0. The molecule has 0 atom stereocenters. The van der Waals surface area contributed by atoms with E-state index in [9.17, 15) is 0 Å². The Morgan fingerprint density at radius 2 is 1.83 bits per heavy atom. The summed E-state index contributed by atoms with van der Waals surface area (Å²) in [6.07, 6.45) is 0. The second kappa shape index (κ2) is 8.87. The molecule has 0 aromatic carbocycles. The van der Waals surface area contributed by atoms with Gasteiger partial charge in [-0.05, 0) is 0 Å². The Kier molecular flexibility index (Phi) is 13.8. The van der Waals surface area contributed by atoms with Gasteiger partial charge in [0.2, 0.25) is 0 Å². The van der Waals surface area contributed by atoms with Gasteiger partial charge in [0.25, 0.3) is 5.97 Å². The van der Waals surface area contributed by atoms with Crippen LogP contribution < -0.4 is 0 Å². The van der Waals surface area contributed by atoms with Crippen LogP contribution in [0, 0.1) is 0 Å². The minimum atomic E-state index is -0.833. The molecule has 0 aliphatic rings. The van der Waals surface area contributed by atoms with Gasteiger partial charge < -0.3 is 5.11 Å². The summed E-state index contributed by atoms with van der Waals surface area (Å²) < 4.78 is 9.06. The summed E-state index contributed by atoms with van der Waals surface area (Å²) in [7, 11) is 0. The number of hydrogen-bond donors (Lipinski definition) is 1. The zero-order chi connectivity index (χ0) is 5.58. The van der Waals surface area contributed by atoms with Crippen molar-refractivity contribution in [2.45, 2.75) is 6.92 Å². The second-order valence-electron chi connectivity index (χ2n) is 0.519. The molecule has 0 saturated carbocycles. The Morgan fingerprint density at radius 1 is 1.83 bits per heavy atom. The molecule has 0 amide bonds. The number of carboxylic acids is 1. The summed E-state index contributed by atoms with van der Waals surface area (Å²) in [5.41, 5.74) is 0. The van der Waals surface area contributed by atoms with Crippen LogP contribution in [0.5, 0.6) is 0 Å². The standard InChI is InChI=1S/C2H4O2.Cu.FH/c1-2(3)4;;/h1H3,(H,3,4);;1H/q;+1;/p-1. The zero-order valence-corrected chi connectivity index (χ0v) is 3.98. The Hall–Kier alpha value is -0.0805. The zero-order valence-electron chi connectivity index (χ0n) is 3.03. The van der Waals surface area contributed by atoms with E-state index in [1.807, 2.05) is 0 Å². The topological polar surface area (TPSA) is 37.3 Å². The van der Waals surface area contributed by atoms with Crippen LogP contribution in [0.15, 0.2) is 0 Å². The third-order valence-corrected chi connectivity index (χ3v) is 0. The van der Waals surface area contributed by atoms with Crippen molar-refractivity contribution in [3.63, 3.8) is 0 Å². The van der Waals surface area contributed by atoms with Gasteiger partial charge in [0.05, 0.1) is 0 Å². The first-order valence-electron chi connectivity index (χ1n) is 1.04. The van der Waals surface area contributed by atoms with Gasteiger partial charge >= 0.3 is 20.0 Å². The van der Waals surface area contributed by atoms with Crippen LogP contribution in [0.25, 0.3) is 0 Å². The van der Waals surface area contributed by atoms with Gasteiger partial charge in [-0.2, -0.15) is 0 Å². The van der Waals surface area contributed by atoms with Crippen molar-refractivity contribution in [1.82, 2.24) is 0 Å². The predicted octanol–water partition coefficient (Wildman–Crippen LogP) is 0.509. The molecule has 0 radical (unpaired) electrons. The molecule has 0 unspecified atom stereocenters. The molecule has 2 nitrogen and oxygen atoms in total. The number of halogens is 1. The van der Waals surface area contributed by atoms with Crippen molar-refractivity contribution < 1.29 is 29.9 Å². The molecular weight excluding hydrogens is 139 g/mol. The van der Waals surface area contributed by atoms with Gasteiger partial charge in [-0.15, -0.1) is 0 Å². The number of hydrogen-bond acceptors (Lipinski definition) is 1. The van der Waals surface area contributed by atoms with Crippen LogP contribution in [0.1, 0.15) is 6.92 Å². The monoisotopic (exact) mass is 142 g/mol. The molecule has 0 heterocycles. The molecule has 0 spiro atoms. The SMILES string of the molecule is CC(=O)O.[F][Cu]. The summed E-state index contributed by atoms with van der Waals surface area (Å²) in [5, 5.41) is 7.42. The molecule has 0 fully saturated rings. The quantitative estimate of drug-likeness (QED) is 0.501. The Labute approximate surface area is 43.6 Å². The first kappa shape index (κ1) is 9.33. The average molecular weight is 143 g/mol. The molecule has 0 aromatic heterocycles. The first-order valence-corrected chi connectivity index (χ1v) is 1.40. The molecule has 1 N–H and O–H groups in total. The van der Waals surface area contributed by atoms with Gasteiger partial charge in [-0.25, -0.2) is 0 Å². The van der Waals surface area contributed by atoms with Crippen LogP contribution >= 0.6 is 0 Å². The molecule has 4 heteroatoms. The first-order chi connectivity index (χ1) is 2.73. The van der Waals surface area contributed by atoms with Crippen molar-refractivity contribution in [2.75, 3.05) is 0 Å². The van der Waals surface area contributed by atoms with Crippen molar-refractivity contribution in [1.29, 1.82) is 0 Å². The molecule has 0 saturated heterocycles. The third kappa shape index (κ3) is 5150. The van der Waals surface area contributed by atoms with Crippen molar-refractivity contribution in [3.05, 3.63) is 0 Å². The molecular formula is C2H4CuFO2. The van der Waals surface area contributed by atoms with Crippen molar-refractivity contribution >= 4 is 5.97 Å². The minimum absolute atomic E-state index is 0.833. The molecule has 0 aliphatic heterocycles. The van der Waals surface area contributed by atoms with Crippen LogP contribution in [-0.4, -0.2) is 11.1 Å². The second-order valence-corrected chi connectivity index (χ2v) is 0.519. The summed E-state index contributed by atoms with van der Waals surface area (Å²) in [6.45, 7) is 1.08. The number of rotatable bonds is 0. The number of carboxylic acid groups (broad SMARTS) is 1. The summed E-state index contributed by atoms with van der Waals surface area (Å²) in [4.78, 5) is 9.00. The normalized spacial score (nSPS) is 5.33. The van der Waals surface area contributed by atoms with E-state index in [1.165, 1.54) is 0 Å². The van der Waals surface area contributed by atoms with Crippen LogP contribution in [0.4, 0.5) is 3.55 Å². The van der Waals surface area contributed by atoms with E-state index in [4.69, 9.17) is 13.5 Å². The van der Waals surface area contributed by atoms with Gasteiger partial charge in [-0.1, -0.05) is 0 Å². The maximum absolute atomic E-state index is 9.06. The van der Waals surface area contributed by atoms with Crippen LogP contribution in [0.3, 0.4) is 0 Å². The molecule has 0 rings (SSSR count). The van der Waals surface area contributed by atoms with E-state index in [1.54, 1.807) is 0 Å². The maximum atomic E-state index is 9.06. The van der Waals surface area contributed by atoms with Crippen molar-refractivity contribution in [2.24, 2.45) is 0 Å². The Morgan fingerprint density at radius 3 is 1.83 bits per heavy atom. The number of carbonyl (C=O) groups is 1. The van der Waals surface area contributed by atoms with Gasteiger partial charge in [0.1, 0.15) is 0 Å². The Balaban J connectivity index is 0. The number of aliphatic carboxylic acids is 1. The van der Waals surface area contributed by atoms with Crippen molar-refractivity contribution in [3.8, 4) is 0 Å². The summed E-state index contributed by atoms with van der Waals surface area (Å²) in [5.74, 6) is -0.833. The molecule has 6 heavy (non-hydrogen) atoms. The fourth-order valence-electron chi connectivity index (χ4n) is 0. The molecule has 0 aromatic rings. The Bertz CT molecular complexity index is 34.5. The van der Waals surface area contributed by atoms with E-state index in [0.29, 0.717) is 0 Å². The van der Waals surface area contributed by atoms with E-state index in [2.05, 4.69) is 16.5 Å². The fraction of sp³-hybridized carbons (Fsp3) is 0.500. The van der Waals surface area contributed by atoms with E-state index in [0.717, 1.165) is 6.92 Å². The summed E-state index contributed by atoms with van der Waals surface area (Å²) in [6, 6.07) is 0. The van der Waals surface area contributed by atoms with Gasteiger partial charge in [0, 0.05) is 6.92 Å². The molecule has 0 aliphatic carbocycles. The average Bonchev–Trinajstić information content (AvgIpc) is 1.41. The molecule has 42 valence electrons. The van der Waals surface area contributed by atoms with Gasteiger partial charge in [-0.3, -0.25) is 4.79 Å². The van der Waals surface area contributed by atoms with Gasteiger partial charge in [0.15, 0.2) is 0 Å². The van der Waals surface area contributed by atoms with Crippen LogP contribution in [0.2, 0.25) is 0 Å². The van der Waals surface area contributed by atoms with Crippen LogP contribution in [-0.2, 0) is 21.3 Å². The fourth-order valence-corrected chi connectivity index (χ4v) is 0. The van der Waals surface area contributed by atoms with E-state index < -0.39 is 5.97 Å². The van der Waals surface area contributed by atoms with E-state index in [-0.39, 0.29) is 0 Å². The summed E-state index contributed by atoms with van der Waals surface area (Å²) >= 11 is 2.69. The van der Waals surface area contributed by atoms with E-state index >= 15 is 0 Å².